The minimum atomic E-state index is 0.119. The summed E-state index contributed by atoms with van der Waals surface area (Å²) in [5.41, 5.74) is 28.8. The van der Waals surface area contributed by atoms with Crippen LogP contribution < -0.4 is 0 Å². The number of nitrogens with zero attached hydrogens (tertiary/aromatic N) is 16. The predicted octanol–water partition coefficient (Wildman–Crippen LogP) is 38.3. The van der Waals surface area contributed by atoms with E-state index in [0.717, 1.165) is 39.8 Å². The largest absolute Gasteiger partial charge is 0.272 e. The first-order valence-corrected chi connectivity index (χ1v) is 57.0. The van der Waals surface area contributed by atoms with Crippen LogP contribution >= 0.6 is 22.9 Å². The third-order valence-electron chi connectivity index (χ3n) is 24.6. The van der Waals surface area contributed by atoms with E-state index < -0.39 is 0 Å². The van der Waals surface area contributed by atoms with Crippen LogP contribution in [-0.2, 0) is 72.0 Å². The molecule has 0 aliphatic heterocycles. The van der Waals surface area contributed by atoms with E-state index in [1.807, 2.05) is 172 Å². The summed E-state index contributed by atoms with van der Waals surface area (Å²) < 4.78 is 6.28. The lowest BCUT2D eigenvalue weighted by Gasteiger charge is -2.40. The molecule has 16 nitrogen and oxygen atoms in total. The van der Waals surface area contributed by atoms with Gasteiger partial charge in [-0.1, -0.05) is 376 Å². The zero-order chi connectivity index (χ0) is 118. The van der Waals surface area contributed by atoms with Gasteiger partial charge in [-0.05, 0) is 278 Å². The Balaban J connectivity index is -0.000000764. The highest BCUT2D eigenvalue weighted by Gasteiger charge is 2.51. The average molecular weight is 2100 g/mol. The first-order chi connectivity index (χ1) is 68.7. The van der Waals surface area contributed by atoms with E-state index >= 15 is 0 Å². The van der Waals surface area contributed by atoms with Gasteiger partial charge in [-0.2, -0.15) is 19.7 Å². The minimum Gasteiger partial charge on any atom is -0.272 e. The highest BCUT2D eigenvalue weighted by atomic mass is 32.1. The Labute approximate surface area is 931 Å². The third-order valence-corrected chi connectivity index (χ3v) is 26.9. The Kier molecular flexibility index (Phi) is 65.9. The van der Waals surface area contributed by atoms with E-state index in [9.17, 15) is 0 Å². The SMILES string of the molecule is CC.CC.CC.CC.CC.CC(C)(C)C12CCC(CC1)C2.CC(C)(C)c1cccnn1.CC(C)(C)c1ccncn1.CC(C)(C)c1cnccn1.CC(C)(C)c1cncnc1.Cc1ccccc1C(C)(C)C.Cc1cccnc1C(C)(C)C.Cc1ccncc1C(C)(C)C.Cc1cnccc1C(C)(C)C.Cc1nc(C)c(C(C)(C)C)s1.Cc1ncccc1C(C)(C)C.Cc1nn(C)c(C)c1C(C)(C)C.Cc1nsc(C)c1C(C)(C)C. The van der Waals surface area contributed by atoms with Gasteiger partial charge in [0, 0.05) is 147 Å². The minimum absolute atomic E-state index is 0.119. The predicted molar refractivity (Wildman–Crippen MR) is 661 cm³/mol. The van der Waals surface area contributed by atoms with Crippen LogP contribution in [0.25, 0.3) is 0 Å². The van der Waals surface area contributed by atoms with Gasteiger partial charge in [0.15, 0.2) is 0 Å². The van der Waals surface area contributed by atoms with Gasteiger partial charge in [0.1, 0.15) is 12.7 Å². The van der Waals surface area contributed by atoms with Crippen molar-refractivity contribution in [2.75, 3.05) is 0 Å². The fourth-order valence-electron chi connectivity index (χ4n) is 17.2. The molecule has 2 fully saturated rings. The van der Waals surface area contributed by atoms with E-state index in [1.54, 1.807) is 55.2 Å². The smallest absolute Gasteiger partial charge is 0.115 e. The molecule has 1 aromatic carbocycles. The molecule has 0 unspecified atom stereocenters. The Bertz CT molecular complexity index is 4990. The number of rotatable bonds is 0. The van der Waals surface area contributed by atoms with Crippen LogP contribution in [-0.4, -0.2) is 79.2 Å². The van der Waals surface area contributed by atoms with Gasteiger partial charge in [-0.15, -0.1) is 11.3 Å². The van der Waals surface area contributed by atoms with Gasteiger partial charge < -0.3 is 0 Å². The van der Waals surface area contributed by atoms with Gasteiger partial charge in [-0.3, -0.25) is 34.6 Å². The van der Waals surface area contributed by atoms with Crippen molar-refractivity contribution in [3.05, 3.63) is 299 Å². The van der Waals surface area contributed by atoms with Gasteiger partial charge in [-0.25, -0.2) is 24.9 Å². The fraction of sp³-hybridized carbons (Fsp3) is 0.614. The van der Waals surface area contributed by atoms with Crippen LogP contribution in [0.4, 0.5) is 0 Å². The van der Waals surface area contributed by atoms with E-state index in [0.29, 0.717) is 5.41 Å². The summed E-state index contributed by atoms with van der Waals surface area (Å²) in [5, 5.41) is 13.4. The monoisotopic (exact) mass is 2100 g/mol. The van der Waals surface area contributed by atoms with E-state index in [2.05, 4.69) is 469 Å². The van der Waals surface area contributed by atoms with Gasteiger partial charge in [0.2, 0.25) is 0 Å². The van der Waals surface area contributed by atoms with Crippen LogP contribution in [0.5, 0.6) is 0 Å². The zero-order valence-electron chi connectivity index (χ0n) is 108. The maximum Gasteiger partial charge on any atom is 0.115 e. The van der Waals surface area contributed by atoms with Crippen molar-refractivity contribution >= 4 is 22.9 Å². The molecular formula is C132H222N16S2. The van der Waals surface area contributed by atoms with Gasteiger partial charge in [0.05, 0.1) is 33.5 Å². The lowest BCUT2D eigenvalue weighted by molar-refractivity contribution is 0.0975. The normalized spacial score (nSPS) is 13.5. The zero-order valence-corrected chi connectivity index (χ0v) is 109. The number of aryl methyl sites for hydroxylation is 11. The lowest BCUT2D eigenvalue weighted by Crippen LogP contribution is -2.31. The highest BCUT2D eigenvalue weighted by molar-refractivity contribution is 7.11. The molecule has 14 rings (SSSR count). The third kappa shape index (κ3) is 55.9. The number of hydrogen-bond donors (Lipinski definition) is 0. The average Bonchev–Trinajstić information content (AvgIpc) is 1.60. The maximum absolute atomic E-state index is 4.40. The van der Waals surface area contributed by atoms with Crippen LogP contribution in [0.2, 0.25) is 0 Å². The van der Waals surface area contributed by atoms with Crippen LogP contribution in [0.3, 0.4) is 0 Å². The second-order valence-electron chi connectivity index (χ2n) is 51.1. The number of aromatic nitrogens is 16. The molecular weight excluding hydrogens is 1870 g/mol. The maximum atomic E-state index is 4.40. The first-order valence-electron chi connectivity index (χ1n) is 55.4. The molecule has 12 aromatic rings. The molecule has 18 heteroatoms. The molecule has 842 valence electrons. The van der Waals surface area contributed by atoms with Gasteiger partial charge >= 0.3 is 0 Å². The molecule has 11 aromatic heterocycles. The number of benzene rings is 1. The van der Waals surface area contributed by atoms with Crippen molar-refractivity contribution in [2.24, 2.45) is 23.8 Å². The van der Waals surface area contributed by atoms with Crippen molar-refractivity contribution in [2.45, 2.75) is 513 Å². The fourth-order valence-corrected chi connectivity index (χ4v) is 19.1. The molecule has 0 amide bonds. The van der Waals surface area contributed by atoms with Gasteiger partial charge in [0.25, 0.3) is 0 Å². The summed E-state index contributed by atoms with van der Waals surface area (Å²) in [6.07, 6.45) is 34.4. The Morgan fingerprint density at radius 2 is 0.760 bits per heavy atom. The molecule has 150 heavy (non-hydrogen) atoms. The van der Waals surface area contributed by atoms with Crippen LogP contribution in [0, 0.1) is 92.9 Å². The number of hydrogen-bond acceptors (Lipinski definition) is 17. The summed E-state index contributed by atoms with van der Waals surface area (Å²) in [7, 11) is 2.00. The summed E-state index contributed by atoms with van der Waals surface area (Å²) in [6.45, 7) is 129. The number of thiazole rings is 1. The molecule has 0 radical (unpaired) electrons. The molecule has 0 saturated heterocycles. The quantitative estimate of drug-likeness (QED) is 0.139. The van der Waals surface area contributed by atoms with E-state index in [-0.39, 0.29) is 65.0 Å². The van der Waals surface area contributed by atoms with Crippen molar-refractivity contribution in [3.63, 3.8) is 0 Å². The van der Waals surface area contributed by atoms with Crippen molar-refractivity contribution in [1.82, 2.24) is 79.2 Å². The molecule has 2 aliphatic rings. The first kappa shape index (κ1) is 147. The second kappa shape index (κ2) is 67.3. The summed E-state index contributed by atoms with van der Waals surface area (Å²) in [4.78, 5) is 48.0. The topological polar surface area (TPSA) is 198 Å². The number of fused-ring (bicyclic) bond motifs is 2. The van der Waals surface area contributed by atoms with Crippen molar-refractivity contribution in [3.8, 4) is 0 Å². The van der Waals surface area contributed by atoms with Crippen molar-refractivity contribution < 1.29 is 0 Å². The molecule has 2 aliphatic carbocycles. The standard InChI is InChI=1S/C11H20.C11H16.C10H18N2.4C10H15N.2C9H15NS.4C8H12N2.5C2H6/c1-10(2,3)11-6-4-9(8-11)5-7-11;1-9-7-5-6-8-10(9)11(2,3)4;1-7-9(10(3,4)5)8(2)12(6)11-7;1-8-7-11-6-5-9(8)10(2,3)4;1-8-5-6-11-7-9(8)10(2,3)4;1-8-9(10(2,3)4)6-5-7-11-8;1-8-6-5-7-11-9(8)10(2,3)4;1-6-8(9(3,4)5)11-7(2)10-6;1-6-8(9(3,4)5)7(2)11-10-6;1-8(2,3)7-4-9-6-10-5-7;1-8(2,3)7-6-9-4-5-10-7;1-8(2,3)7-4-5-9-6-10-7;1-8(2,3)7-5-4-6-9-10-7;5*1-2/h9H,4-8H2,1-3H3;5-8H,1-4H3;1-6H3;4*5-7H,1-4H3;2*1-5H3;4*4-6H,1-3H3;5*1-2H3. The molecule has 11 heterocycles. The van der Waals surface area contributed by atoms with Crippen LogP contribution in [0.15, 0.2) is 172 Å². The Morgan fingerprint density at radius 1 is 0.313 bits per heavy atom. The second-order valence-corrected chi connectivity index (χ2v) is 53.3. The Hall–Kier alpha value is -9.39. The van der Waals surface area contributed by atoms with Crippen molar-refractivity contribution in [1.29, 1.82) is 0 Å². The molecule has 0 atom stereocenters. The number of pyridine rings is 4. The summed E-state index contributed by atoms with van der Waals surface area (Å²) >= 11 is 3.42. The highest BCUT2D eigenvalue weighted by Crippen LogP contribution is 2.62. The van der Waals surface area contributed by atoms with E-state index in [4.69, 9.17) is 0 Å². The van der Waals surface area contributed by atoms with E-state index in [1.165, 1.54) is 131 Å². The molecule has 0 N–H and O–H groups in total. The molecule has 2 bridgehead atoms. The Morgan fingerprint density at radius 3 is 1.03 bits per heavy atom. The molecule has 0 spiro atoms. The lowest BCUT2D eigenvalue weighted by atomic mass is 9.65. The summed E-state index contributed by atoms with van der Waals surface area (Å²) in [6, 6.07) is 26.8. The summed E-state index contributed by atoms with van der Waals surface area (Å²) in [5.74, 6) is 1.11. The van der Waals surface area contributed by atoms with Crippen LogP contribution in [0.1, 0.15) is 499 Å². The molecule has 2 saturated carbocycles.